The number of hydrogen-bond donors (Lipinski definition) is 0. The van der Waals surface area contributed by atoms with E-state index in [1.165, 1.54) is 25.3 Å². The lowest BCUT2D eigenvalue weighted by Gasteiger charge is -2.31. The van der Waals surface area contributed by atoms with Gasteiger partial charge in [-0.25, -0.2) is 0 Å². The van der Waals surface area contributed by atoms with Crippen LogP contribution in [0.3, 0.4) is 0 Å². The van der Waals surface area contributed by atoms with Crippen LogP contribution in [-0.4, -0.2) is 43.4 Å². The van der Waals surface area contributed by atoms with Gasteiger partial charge in [-0.1, -0.05) is 18.2 Å². The maximum atomic E-state index is 13.1. The minimum absolute atomic E-state index is 0.0395. The van der Waals surface area contributed by atoms with Gasteiger partial charge < -0.3 is 4.74 Å². The van der Waals surface area contributed by atoms with Gasteiger partial charge in [-0.3, -0.25) is 14.5 Å². The van der Waals surface area contributed by atoms with Crippen LogP contribution < -0.4 is 0 Å². The third kappa shape index (κ3) is 4.31. The van der Waals surface area contributed by atoms with Gasteiger partial charge in [0.1, 0.15) is 0 Å². The quantitative estimate of drug-likeness (QED) is 0.797. The molecule has 0 aromatic heterocycles. The normalized spacial score (nSPS) is 19.7. The average Bonchev–Trinajstić information content (AvgIpc) is 2.52. The fourth-order valence-electron chi connectivity index (χ4n) is 2.81. The minimum atomic E-state index is -4.47. The third-order valence-corrected chi connectivity index (χ3v) is 4.00. The summed E-state index contributed by atoms with van der Waals surface area (Å²) in [4.78, 5) is 25.2. The number of rotatable bonds is 4. The molecule has 0 aliphatic carbocycles. The molecule has 0 radical (unpaired) electrons. The summed E-state index contributed by atoms with van der Waals surface area (Å²) in [5, 5.41) is 0. The Balaban J connectivity index is 2.08. The van der Waals surface area contributed by atoms with Gasteiger partial charge in [0.05, 0.1) is 25.6 Å². The molecule has 0 spiro atoms. The summed E-state index contributed by atoms with van der Waals surface area (Å²) in [6, 6.07) is 5.21. The van der Waals surface area contributed by atoms with E-state index in [0.29, 0.717) is 19.5 Å². The highest BCUT2D eigenvalue weighted by Crippen LogP contribution is 2.37. The second kappa shape index (κ2) is 7.12. The Kier molecular flexibility index (Phi) is 5.41. The summed E-state index contributed by atoms with van der Waals surface area (Å²) < 4.78 is 43.8. The summed E-state index contributed by atoms with van der Waals surface area (Å²) in [7, 11) is 1.29. The minimum Gasteiger partial charge on any atom is -0.469 e. The van der Waals surface area contributed by atoms with E-state index in [4.69, 9.17) is 0 Å². The molecule has 126 valence electrons. The number of benzene rings is 1. The molecule has 0 N–H and O–H groups in total. The van der Waals surface area contributed by atoms with Crippen LogP contribution in [0.15, 0.2) is 24.3 Å². The molecule has 1 saturated heterocycles. The summed E-state index contributed by atoms with van der Waals surface area (Å²) in [5.41, 5.74) is -0.709. The van der Waals surface area contributed by atoms with E-state index in [-0.39, 0.29) is 30.3 Å². The van der Waals surface area contributed by atoms with Crippen molar-refractivity contribution in [1.29, 1.82) is 0 Å². The highest BCUT2D eigenvalue weighted by atomic mass is 19.4. The molecule has 0 bridgehead atoms. The van der Waals surface area contributed by atoms with Gasteiger partial charge in [0.25, 0.3) is 0 Å². The zero-order valence-corrected chi connectivity index (χ0v) is 12.7. The average molecular weight is 329 g/mol. The van der Waals surface area contributed by atoms with Crippen molar-refractivity contribution in [2.24, 2.45) is 0 Å². The van der Waals surface area contributed by atoms with Crippen molar-refractivity contribution >= 4 is 11.8 Å². The third-order valence-electron chi connectivity index (χ3n) is 4.00. The standard InChI is InChI=1S/C16H18F3NO3/c1-23-15(22)7-9-20-8-6-12(14(21)10-20)11-4-2-3-5-13(11)16(17,18)19/h2-5,12H,6-10H2,1H3. The predicted molar refractivity (Wildman–Crippen MR) is 76.9 cm³/mol. The molecule has 2 rings (SSSR count). The van der Waals surface area contributed by atoms with Crippen LogP contribution in [0.5, 0.6) is 0 Å². The smallest absolute Gasteiger partial charge is 0.416 e. The van der Waals surface area contributed by atoms with Crippen LogP contribution in [0.1, 0.15) is 29.9 Å². The highest BCUT2D eigenvalue weighted by Gasteiger charge is 2.38. The van der Waals surface area contributed by atoms with E-state index in [1.54, 1.807) is 4.90 Å². The Morgan fingerprint density at radius 2 is 2.04 bits per heavy atom. The maximum Gasteiger partial charge on any atom is 0.416 e. The molecule has 1 aromatic carbocycles. The number of hydrogen-bond acceptors (Lipinski definition) is 4. The fourth-order valence-corrected chi connectivity index (χ4v) is 2.81. The number of ether oxygens (including phenoxy) is 1. The Hall–Kier alpha value is -1.89. The topological polar surface area (TPSA) is 46.6 Å². The molecule has 4 nitrogen and oxygen atoms in total. The van der Waals surface area contributed by atoms with Gasteiger partial charge in [0.15, 0.2) is 5.78 Å². The van der Waals surface area contributed by atoms with Gasteiger partial charge in [-0.15, -0.1) is 0 Å². The zero-order chi connectivity index (χ0) is 17.0. The summed E-state index contributed by atoms with van der Waals surface area (Å²) in [5.74, 6) is -1.37. The number of halogens is 3. The monoisotopic (exact) mass is 329 g/mol. The lowest BCUT2D eigenvalue weighted by atomic mass is 9.85. The van der Waals surface area contributed by atoms with E-state index >= 15 is 0 Å². The molecule has 23 heavy (non-hydrogen) atoms. The van der Waals surface area contributed by atoms with Gasteiger partial charge in [-0.2, -0.15) is 13.2 Å². The van der Waals surface area contributed by atoms with Crippen molar-refractivity contribution in [3.8, 4) is 0 Å². The van der Waals surface area contributed by atoms with E-state index in [1.807, 2.05) is 0 Å². The van der Waals surface area contributed by atoms with Crippen LogP contribution in [0.2, 0.25) is 0 Å². The molecule has 1 aliphatic rings. The number of Topliss-reactive ketones (excluding diaryl/α,β-unsaturated/α-hetero) is 1. The summed E-state index contributed by atoms with van der Waals surface area (Å²) >= 11 is 0. The van der Waals surface area contributed by atoms with Gasteiger partial charge in [0, 0.05) is 12.5 Å². The second-order valence-electron chi connectivity index (χ2n) is 5.49. The first kappa shape index (κ1) is 17.5. The number of alkyl halides is 3. The van der Waals surface area contributed by atoms with Gasteiger partial charge in [-0.05, 0) is 24.6 Å². The molecular weight excluding hydrogens is 311 g/mol. The lowest BCUT2D eigenvalue weighted by molar-refractivity contribution is -0.142. The zero-order valence-electron chi connectivity index (χ0n) is 12.7. The summed E-state index contributed by atoms with van der Waals surface area (Å²) in [6.07, 6.45) is -4.00. The number of carbonyl (C=O) groups is 2. The molecular formula is C16H18F3NO3. The first-order chi connectivity index (χ1) is 10.8. The Labute approximate surface area is 132 Å². The summed E-state index contributed by atoms with van der Waals surface area (Å²) in [6.45, 7) is 0.888. The largest absolute Gasteiger partial charge is 0.469 e. The maximum absolute atomic E-state index is 13.1. The molecule has 1 aliphatic heterocycles. The number of ketones is 1. The number of carbonyl (C=O) groups excluding carboxylic acids is 2. The van der Waals surface area contributed by atoms with Crippen LogP contribution >= 0.6 is 0 Å². The van der Waals surface area contributed by atoms with E-state index < -0.39 is 17.7 Å². The Morgan fingerprint density at radius 3 is 2.65 bits per heavy atom. The van der Waals surface area contributed by atoms with Crippen molar-refractivity contribution in [1.82, 2.24) is 4.90 Å². The first-order valence-corrected chi connectivity index (χ1v) is 7.31. The highest BCUT2D eigenvalue weighted by molar-refractivity contribution is 5.88. The SMILES string of the molecule is COC(=O)CCN1CCC(c2ccccc2C(F)(F)F)C(=O)C1. The molecule has 1 atom stereocenters. The lowest BCUT2D eigenvalue weighted by Crippen LogP contribution is -2.41. The van der Waals surface area contributed by atoms with Crippen molar-refractivity contribution < 1.29 is 27.5 Å². The number of likely N-dealkylation sites (tertiary alicyclic amines) is 1. The predicted octanol–water partition coefficient (Wildman–Crippen LogP) is 2.63. The van der Waals surface area contributed by atoms with E-state index in [0.717, 1.165) is 6.07 Å². The van der Waals surface area contributed by atoms with E-state index in [9.17, 15) is 22.8 Å². The number of methoxy groups -OCH3 is 1. The van der Waals surface area contributed by atoms with Gasteiger partial charge in [0.2, 0.25) is 0 Å². The second-order valence-corrected chi connectivity index (χ2v) is 5.49. The number of nitrogens with zero attached hydrogens (tertiary/aromatic N) is 1. The van der Waals surface area contributed by atoms with Crippen LogP contribution in [-0.2, 0) is 20.5 Å². The van der Waals surface area contributed by atoms with E-state index in [2.05, 4.69) is 4.74 Å². The molecule has 1 fully saturated rings. The molecule has 7 heteroatoms. The number of esters is 1. The first-order valence-electron chi connectivity index (χ1n) is 7.31. The van der Waals surface area contributed by atoms with Crippen molar-refractivity contribution in [2.75, 3.05) is 26.7 Å². The Morgan fingerprint density at radius 1 is 1.35 bits per heavy atom. The molecule has 1 unspecified atom stereocenters. The molecule has 1 heterocycles. The van der Waals surface area contributed by atoms with Crippen molar-refractivity contribution in [3.63, 3.8) is 0 Å². The van der Waals surface area contributed by atoms with Crippen LogP contribution in [0, 0.1) is 0 Å². The molecule has 0 amide bonds. The Bertz CT molecular complexity index is 586. The van der Waals surface area contributed by atoms with Crippen LogP contribution in [0.25, 0.3) is 0 Å². The fraction of sp³-hybridized carbons (Fsp3) is 0.500. The molecule has 1 aromatic rings. The van der Waals surface area contributed by atoms with Crippen LogP contribution in [0.4, 0.5) is 13.2 Å². The molecule has 0 saturated carbocycles. The van der Waals surface area contributed by atoms with Crippen molar-refractivity contribution in [2.45, 2.75) is 24.9 Å². The van der Waals surface area contributed by atoms with Crippen molar-refractivity contribution in [3.05, 3.63) is 35.4 Å². The van der Waals surface area contributed by atoms with Gasteiger partial charge >= 0.3 is 12.1 Å². The number of piperidine rings is 1.